The number of hydrogen-bond acceptors (Lipinski definition) is 4. The summed E-state index contributed by atoms with van der Waals surface area (Å²) in [6, 6.07) is 5.21. The van der Waals surface area contributed by atoms with Gasteiger partial charge >= 0.3 is 0 Å². The summed E-state index contributed by atoms with van der Waals surface area (Å²) >= 11 is 0. The number of carbonyl (C=O) groups is 1. The Morgan fingerprint density at radius 1 is 1.44 bits per heavy atom. The number of rotatable bonds is 1. The van der Waals surface area contributed by atoms with Crippen molar-refractivity contribution in [1.29, 1.82) is 0 Å². The summed E-state index contributed by atoms with van der Waals surface area (Å²) < 4.78 is 10.8. The third-order valence-corrected chi connectivity index (χ3v) is 3.14. The minimum absolute atomic E-state index is 0.0109. The maximum Gasteiger partial charge on any atom is 0.195 e. The van der Waals surface area contributed by atoms with Gasteiger partial charge in [-0.05, 0) is 30.5 Å². The van der Waals surface area contributed by atoms with Crippen molar-refractivity contribution < 1.29 is 14.3 Å². The fourth-order valence-corrected chi connectivity index (χ4v) is 2.17. The highest BCUT2D eigenvalue weighted by atomic mass is 16.5. The van der Waals surface area contributed by atoms with Gasteiger partial charge in [-0.1, -0.05) is 6.08 Å². The van der Waals surface area contributed by atoms with Crippen LogP contribution < -0.4 is 14.8 Å². The number of carbonyl (C=O) groups excluding carboxylic acids is 1. The van der Waals surface area contributed by atoms with E-state index in [9.17, 15) is 4.79 Å². The molecule has 0 radical (unpaired) electrons. The van der Waals surface area contributed by atoms with E-state index in [1.54, 1.807) is 25.3 Å². The summed E-state index contributed by atoms with van der Waals surface area (Å²) in [5.41, 5.74) is 1.28. The molecule has 0 aromatic heterocycles. The van der Waals surface area contributed by atoms with Crippen molar-refractivity contribution in [2.24, 2.45) is 0 Å². The average Bonchev–Trinajstić information content (AvgIpc) is 2.57. The van der Waals surface area contributed by atoms with E-state index in [1.807, 2.05) is 18.4 Å². The molecule has 0 aliphatic carbocycles. The van der Waals surface area contributed by atoms with E-state index < -0.39 is 0 Å². The van der Waals surface area contributed by atoms with Gasteiger partial charge in [0.25, 0.3) is 0 Å². The van der Waals surface area contributed by atoms with E-state index in [2.05, 4.69) is 5.32 Å². The highest BCUT2D eigenvalue weighted by molar-refractivity contribution is 6.12. The first-order valence-corrected chi connectivity index (χ1v) is 5.78. The predicted molar refractivity (Wildman–Crippen MR) is 67.0 cm³/mol. The van der Waals surface area contributed by atoms with Gasteiger partial charge < -0.3 is 14.8 Å². The fraction of sp³-hybridized carbons (Fsp3) is 0.214. The highest BCUT2D eigenvalue weighted by Gasteiger charge is 2.29. The molecule has 1 unspecified atom stereocenters. The van der Waals surface area contributed by atoms with Gasteiger partial charge in [0.1, 0.15) is 18.1 Å². The van der Waals surface area contributed by atoms with Crippen LogP contribution in [0.3, 0.4) is 0 Å². The lowest BCUT2D eigenvalue weighted by Crippen LogP contribution is -2.35. The summed E-state index contributed by atoms with van der Waals surface area (Å²) in [7, 11) is 1.58. The Morgan fingerprint density at radius 3 is 3.17 bits per heavy atom. The average molecular weight is 243 g/mol. The van der Waals surface area contributed by atoms with Gasteiger partial charge in [-0.25, -0.2) is 0 Å². The molecule has 2 aliphatic rings. The molecule has 3 rings (SSSR count). The predicted octanol–water partition coefficient (Wildman–Crippen LogP) is 1.68. The zero-order valence-electron chi connectivity index (χ0n) is 9.97. The van der Waals surface area contributed by atoms with E-state index >= 15 is 0 Å². The van der Waals surface area contributed by atoms with E-state index in [1.165, 1.54) is 0 Å². The van der Waals surface area contributed by atoms with E-state index in [4.69, 9.17) is 9.47 Å². The third kappa shape index (κ3) is 1.66. The number of fused-ring (bicyclic) bond motifs is 2. The van der Waals surface area contributed by atoms with Crippen LogP contribution in [0.4, 0.5) is 0 Å². The van der Waals surface area contributed by atoms with Gasteiger partial charge in [-0.15, -0.1) is 0 Å². The molecule has 1 aromatic rings. The molecule has 0 fully saturated rings. The molecule has 2 aliphatic heterocycles. The van der Waals surface area contributed by atoms with Crippen LogP contribution in [0.2, 0.25) is 0 Å². The van der Waals surface area contributed by atoms with E-state index in [0.717, 1.165) is 5.57 Å². The summed E-state index contributed by atoms with van der Waals surface area (Å²) in [6.45, 7) is 0.446. The number of allylic oxidation sites excluding steroid dienone is 2. The lowest BCUT2D eigenvalue weighted by molar-refractivity contribution is 0.102. The number of ketones is 1. The number of hydrogen-bond donors (Lipinski definition) is 1. The van der Waals surface area contributed by atoms with Crippen molar-refractivity contribution in [3.05, 3.63) is 47.7 Å². The smallest absolute Gasteiger partial charge is 0.195 e. The zero-order chi connectivity index (χ0) is 12.5. The Kier molecular flexibility index (Phi) is 2.55. The van der Waals surface area contributed by atoms with Gasteiger partial charge in [-0.2, -0.15) is 0 Å². The zero-order valence-corrected chi connectivity index (χ0v) is 9.97. The summed E-state index contributed by atoms with van der Waals surface area (Å²) in [6.07, 6.45) is 5.48. The van der Waals surface area contributed by atoms with Crippen LogP contribution in [0.1, 0.15) is 10.4 Å². The number of ether oxygens (including phenoxy) is 2. The van der Waals surface area contributed by atoms with E-state index in [0.29, 0.717) is 23.7 Å². The molecule has 0 saturated carbocycles. The molecule has 0 spiro atoms. The van der Waals surface area contributed by atoms with Crippen LogP contribution in [0, 0.1) is 0 Å². The maximum atomic E-state index is 12.5. The topological polar surface area (TPSA) is 47.6 Å². The number of methoxy groups -OCH3 is 1. The Bertz CT molecular complexity index is 560. The van der Waals surface area contributed by atoms with Crippen molar-refractivity contribution in [1.82, 2.24) is 5.32 Å². The lowest BCUT2D eigenvalue weighted by Gasteiger charge is -2.18. The van der Waals surface area contributed by atoms with Crippen molar-refractivity contribution in [3.63, 3.8) is 0 Å². The summed E-state index contributed by atoms with van der Waals surface area (Å²) in [5, 5.41) is 3.13. The Hall–Kier alpha value is -2.23. The van der Waals surface area contributed by atoms with Gasteiger partial charge in [0.05, 0.1) is 18.7 Å². The summed E-state index contributed by atoms with van der Waals surface area (Å²) in [4.78, 5) is 12.5. The largest absolute Gasteiger partial charge is 0.497 e. The SMILES string of the molecule is COc1ccc2c(c1)C(=O)C1=CC=CNC1CO2. The quantitative estimate of drug-likeness (QED) is 0.815. The molecule has 4 heteroatoms. The number of benzene rings is 1. The first-order chi connectivity index (χ1) is 8.79. The molecule has 92 valence electrons. The van der Waals surface area contributed by atoms with Crippen molar-refractivity contribution >= 4 is 5.78 Å². The second-order valence-corrected chi connectivity index (χ2v) is 4.20. The van der Waals surface area contributed by atoms with Crippen molar-refractivity contribution in [2.75, 3.05) is 13.7 Å². The number of Topliss-reactive ketones (excluding diaryl/α,β-unsaturated/α-hetero) is 1. The second-order valence-electron chi connectivity index (χ2n) is 4.20. The van der Waals surface area contributed by atoms with Crippen LogP contribution in [0.15, 0.2) is 42.1 Å². The molecule has 1 atom stereocenters. The standard InChI is InChI=1S/C14H13NO3/c1-17-9-4-5-13-11(7-9)14(16)10-3-2-6-15-12(10)8-18-13/h2-7,12,15H,8H2,1H3. The molecule has 18 heavy (non-hydrogen) atoms. The van der Waals surface area contributed by atoms with E-state index in [-0.39, 0.29) is 11.8 Å². The van der Waals surface area contributed by atoms with Gasteiger partial charge in [0, 0.05) is 5.57 Å². The monoisotopic (exact) mass is 243 g/mol. The molecule has 0 saturated heterocycles. The Balaban J connectivity index is 2.09. The van der Waals surface area contributed by atoms with Gasteiger partial charge in [0.2, 0.25) is 0 Å². The normalized spacial score (nSPS) is 20.8. The maximum absolute atomic E-state index is 12.5. The van der Waals surface area contributed by atoms with Crippen LogP contribution in [-0.4, -0.2) is 25.5 Å². The number of nitrogens with one attached hydrogen (secondary N) is 1. The molecule has 1 aromatic carbocycles. The van der Waals surface area contributed by atoms with Crippen LogP contribution in [0.25, 0.3) is 0 Å². The van der Waals surface area contributed by atoms with Gasteiger partial charge in [0.15, 0.2) is 5.78 Å². The molecule has 1 N–H and O–H groups in total. The first-order valence-electron chi connectivity index (χ1n) is 5.78. The van der Waals surface area contributed by atoms with Crippen LogP contribution in [-0.2, 0) is 0 Å². The molecule has 0 amide bonds. The summed E-state index contributed by atoms with van der Waals surface area (Å²) in [5.74, 6) is 1.25. The molecular formula is C14H13NO3. The van der Waals surface area contributed by atoms with Crippen molar-refractivity contribution in [2.45, 2.75) is 6.04 Å². The highest BCUT2D eigenvalue weighted by Crippen LogP contribution is 2.30. The first kappa shape index (κ1) is 10.9. The number of dihydropyridines is 1. The Labute approximate surface area is 105 Å². The van der Waals surface area contributed by atoms with Crippen molar-refractivity contribution in [3.8, 4) is 11.5 Å². The minimum atomic E-state index is -0.0825. The van der Waals surface area contributed by atoms with Crippen LogP contribution >= 0.6 is 0 Å². The molecule has 4 nitrogen and oxygen atoms in total. The second kappa shape index (κ2) is 4.22. The molecule has 0 bridgehead atoms. The van der Waals surface area contributed by atoms with Crippen LogP contribution in [0.5, 0.6) is 11.5 Å². The Morgan fingerprint density at radius 2 is 2.33 bits per heavy atom. The molecular weight excluding hydrogens is 230 g/mol. The molecule has 2 heterocycles. The lowest BCUT2D eigenvalue weighted by atomic mass is 9.96. The third-order valence-electron chi connectivity index (χ3n) is 3.14. The minimum Gasteiger partial charge on any atom is -0.497 e. The fourth-order valence-electron chi connectivity index (χ4n) is 2.17. The van der Waals surface area contributed by atoms with Gasteiger partial charge in [-0.3, -0.25) is 4.79 Å².